The van der Waals surface area contributed by atoms with E-state index in [4.69, 9.17) is 4.74 Å². The maximum absolute atomic E-state index is 13.6. The predicted octanol–water partition coefficient (Wildman–Crippen LogP) is 4.23. The number of hydrogen-bond acceptors (Lipinski definition) is 3. The summed E-state index contributed by atoms with van der Waals surface area (Å²) in [5.41, 5.74) is 1.75. The molecule has 0 aliphatic rings. The fraction of sp³-hybridized carbons (Fsp3) is 0.429. The van der Waals surface area contributed by atoms with E-state index in [0.29, 0.717) is 5.56 Å². The zero-order valence-corrected chi connectivity index (χ0v) is 15.3. The minimum absolute atomic E-state index is 0.228. The first-order valence-electron chi connectivity index (χ1n) is 9.11. The van der Waals surface area contributed by atoms with Gasteiger partial charge < -0.3 is 15.0 Å². The molecule has 0 saturated heterocycles. The van der Waals surface area contributed by atoms with Crippen molar-refractivity contribution >= 4 is 0 Å². The van der Waals surface area contributed by atoms with Crippen molar-refractivity contribution < 1.29 is 9.13 Å². The highest BCUT2D eigenvalue weighted by molar-refractivity contribution is 5.29. The largest absolute Gasteiger partial charge is 0.489 e. The molecule has 3 nitrogen and oxygen atoms in total. The van der Waals surface area contributed by atoms with Gasteiger partial charge in [-0.05, 0) is 56.4 Å². The Hall–Kier alpha value is -1.91. The molecule has 2 aromatic rings. The molecule has 0 aliphatic heterocycles. The normalized spacial score (nSPS) is 11.0. The molecule has 0 fully saturated rings. The van der Waals surface area contributed by atoms with Crippen LogP contribution in [-0.4, -0.2) is 31.1 Å². The molecule has 0 heterocycles. The Kier molecular flexibility index (Phi) is 8.43. The maximum atomic E-state index is 13.6. The van der Waals surface area contributed by atoms with Crippen molar-refractivity contribution in [3.05, 3.63) is 65.5 Å². The van der Waals surface area contributed by atoms with Crippen molar-refractivity contribution in [3.8, 4) is 5.75 Å². The molecule has 1 N–H and O–H groups in total. The molecule has 2 aromatic carbocycles. The molecule has 25 heavy (non-hydrogen) atoms. The summed E-state index contributed by atoms with van der Waals surface area (Å²) in [5.74, 6) is 0.541. The summed E-state index contributed by atoms with van der Waals surface area (Å²) in [6.45, 7) is 9.80. The molecular formula is C21H29FN2O. The Bertz CT molecular complexity index is 629. The molecule has 2 rings (SSSR count). The third kappa shape index (κ3) is 6.85. The van der Waals surface area contributed by atoms with Gasteiger partial charge in [-0.3, -0.25) is 0 Å². The Morgan fingerprint density at radius 2 is 1.84 bits per heavy atom. The molecule has 0 aromatic heterocycles. The first-order valence-corrected chi connectivity index (χ1v) is 9.11. The Balaban J connectivity index is 1.74. The zero-order valence-electron chi connectivity index (χ0n) is 15.3. The van der Waals surface area contributed by atoms with Crippen LogP contribution in [-0.2, 0) is 13.2 Å². The van der Waals surface area contributed by atoms with Crippen molar-refractivity contribution in [1.82, 2.24) is 10.2 Å². The molecule has 136 valence electrons. The number of benzene rings is 2. The fourth-order valence-electron chi connectivity index (χ4n) is 2.72. The van der Waals surface area contributed by atoms with Gasteiger partial charge in [-0.15, -0.1) is 0 Å². The average Bonchev–Trinajstić information content (AvgIpc) is 2.64. The van der Waals surface area contributed by atoms with E-state index in [1.807, 2.05) is 24.3 Å². The molecule has 0 saturated carbocycles. The van der Waals surface area contributed by atoms with Crippen LogP contribution in [0.25, 0.3) is 0 Å². The van der Waals surface area contributed by atoms with Gasteiger partial charge in [0.15, 0.2) is 0 Å². The number of ether oxygens (including phenoxy) is 1. The minimum Gasteiger partial charge on any atom is -0.489 e. The van der Waals surface area contributed by atoms with Crippen LogP contribution in [0.2, 0.25) is 0 Å². The minimum atomic E-state index is -0.228. The van der Waals surface area contributed by atoms with Crippen molar-refractivity contribution in [2.75, 3.05) is 26.2 Å². The molecule has 0 amide bonds. The molecule has 0 aliphatic carbocycles. The van der Waals surface area contributed by atoms with E-state index < -0.39 is 0 Å². The fourth-order valence-corrected chi connectivity index (χ4v) is 2.72. The van der Waals surface area contributed by atoms with Crippen LogP contribution in [0.15, 0.2) is 48.5 Å². The smallest absolute Gasteiger partial charge is 0.129 e. The second kappa shape index (κ2) is 10.9. The van der Waals surface area contributed by atoms with Crippen molar-refractivity contribution in [2.45, 2.75) is 33.4 Å². The van der Waals surface area contributed by atoms with E-state index in [9.17, 15) is 4.39 Å². The van der Waals surface area contributed by atoms with Crippen LogP contribution in [0, 0.1) is 5.82 Å². The lowest BCUT2D eigenvalue weighted by atomic mass is 10.2. The monoisotopic (exact) mass is 344 g/mol. The molecular weight excluding hydrogens is 315 g/mol. The van der Waals surface area contributed by atoms with E-state index in [1.165, 1.54) is 11.6 Å². The topological polar surface area (TPSA) is 24.5 Å². The lowest BCUT2D eigenvalue weighted by molar-refractivity contribution is 0.297. The van der Waals surface area contributed by atoms with E-state index in [2.05, 4.69) is 30.1 Å². The van der Waals surface area contributed by atoms with E-state index in [-0.39, 0.29) is 12.4 Å². The van der Waals surface area contributed by atoms with Crippen LogP contribution in [0.4, 0.5) is 4.39 Å². The lowest BCUT2D eigenvalue weighted by Crippen LogP contribution is -2.27. The predicted molar refractivity (Wildman–Crippen MR) is 101 cm³/mol. The lowest BCUT2D eigenvalue weighted by Gasteiger charge is -2.17. The molecule has 0 bridgehead atoms. The van der Waals surface area contributed by atoms with Gasteiger partial charge in [0, 0.05) is 12.1 Å². The van der Waals surface area contributed by atoms with Crippen LogP contribution in [0.3, 0.4) is 0 Å². The third-order valence-electron chi connectivity index (χ3n) is 4.30. The quantitative estimate of drug-likeness (QED) is 0.618. The summed E-state index contributed by atoms with van der Waals surface area (Å²) in [4.78, 5) is 2.43. The van der Waals surface area contributed by atoms with Gasteiger partial charge in [0.25, 0.3) is 0 Å². The highest BCUT2D eigenvalue weighted by atomic mass is 19.1. The number of nitrogens with zero attached hydrogens (tertiary/aromatic N) is 1. The van der Waals surface area contributed by atoms with Gasteiger partial charge in [-0.25, -0.2) is 4.39 Å². The van der Waals surface area contributed by atoms with Gasteiger partial charge in [-0.1, -0.05) is 44.2 Å². The number of rotatable bonds is 11. The highest BCUT2D eigenvalue weighted by Gasteiger charge is 2.03. The van der Waals surface area contributed by atoms with Crippen LogP contribution in [0.1, 0.15) is 31.4 Å². The Labute approximate surface area is 150 Å². The summed E-state index contributed by atoms with van der Waals surface area (Å²) < 4.78 is 19.4. The average molecular weight is 344 g/mol. The van der Waals surface area contributed by atoms with E-state index in [1.54, 1.807) is 12.1 Å². The summed E-state index contributed by atoms with van der Waals surface area (Å²) in [5, 5.41) is 3.47. The third-order valence-corrected chi connectivity index (χ3v) is 4.30. The summed E-state index contributed by atoms with van der Waals surface area (Å²) in [6, 6.07) is 14.7. The van der Waals surface area contributed by atoms with E-state index in [0.717, 1.165) is 44.9 Å². The van der Waals surface area contributed by atoms with Crippen LogP contribution in [0.5, 0.6) is 5.75 Å². The molecule has 0 atom stereocenters. The molecule has 0 unspecified atom stereocenters. The second-order valence-electron chi connectivity index (χ2n) is 6.08. The van der Waals surface area contributed by atoms with Crippen molar-refractivity contribution in [3.63, 3.8) is 0 Å². The number of halogens is 1. The summed E-state index contributed by atoms with van der Waals surface area (Å²) in [7, 11) is 0. The van der Waals surface area contributed by atoms with E-state index >= 15 is 0 Å². The summed E-state index contributed by atoms with van der Waals surface area (Å²) in [6.07, 6.45) is 1.14. The Morgan fingerprint density at radius 1 is 1.04 bits per heavy atom. The second-order valence-corrected chi connectivity index (χ2v) is 6.08. The molecule has 0 radical (unpaired) electrons. The van der Waals surface area contributed by atoms with Gasteiger partial charge >= 0.3 is 0 Å². The zero-order chi connectivity index (χ0) is 17.9. The van der Waals surface area contributed by atoms with Crippen LogP contribution >= 0.6 is 0 Å². The maximum Gasteiger partial charge on any atom is 0.129 e. The number of nitrogens with one attached hydrogen (secondary N) is 1. The van der Waals surface area contributed by atoms with Crippen molar-refractivity contribution in [1.29, 1.82) is 0 Å². The molecule has 4 heteroatoms. The highest BCUT2D eigenvalue weighted by Crippen LogP contribution is 2.16. The van der Waals surface area contributed by atoms with Gasteiger partial charge in [0.05, 0.1) is 0 Å². The van der Waals surface area contributed by atoms with Crippen molar-refractivity contribution in [2.24, 2.45) is 0 Å². The van der Waals surface area contributed by atoms with Gasteiger partial charge in [0.1, 0.15) is 18.2 Å². The SMILES string of the molecule is CCN(CC)CCCNCc1cccc(OCc2ccccc2F)c1. The van der Waals surface area contributed by atoms with Gasteiger partial charge in [-0.2, -0.15) is 0 Å². The Morgan fingerprint density at radius 3 is 2.60 bits per heavy atom. The molecule has 0 spiro atoms. The van der Waals surface area contributed by atoms with Crippen LogP contribution < -0.4 is 10.1 Å². The van der Waals surface area contributed by atoms with Gasteiger partial charge in [0.2, 0.25) is 0 Å². The standard InChI is InChI=1S/C21H29FN2O/c1-3-24(4-2)14-8-13-23-16-18-9-7-11-20(15-18)25-17-19-10-5-6-12-21(19)22/h5-7,9-12,15,23H,3-4,8,13-14,16-17H2,1-2H3. The first kappa shape index (κ1) is 19.4. The summed E-state index contributed by atoms with van der Waals surface area (Å²) >= 11 is 0. The first-order chi connectivity index (χ1) is 12.2. The number of hydrogen-bond donors (Lipinski definition) is 1.